The van der Waals surface area contributed by atoms with Gasteiger partial charge in [0.05, 0.1) is 10.4 Å². The van der Waals surface area contributed by atoms with Gasteiger partial charge in [-0.2, -0.15) is 0 Å². The van der Waals surface area contributed by atoms with E-state index in [4.69, 9.17) is 0 Å². The highest BCUT2D eigenvalue weighted by atomic mass is 16.6. The third kappa shape index (κ3) is 1.81. The number of carbonyl (C=O) groups is 1. The van der Waals surface area contributed by atoms with Crippen molar-refractivity contribution in [1.29, 1.82) is 0 Å². The molecule has 1 aromatic heterocycles. The number of nitro groups is 1. The van der Waals surface area contributed by atoms with Crippen molar-refractivity contribution >= 4 is 23.0 Å². The Bertz CT molecular complexity index is 825. The quantitative estimate of drug-likeness (QED) is 0.412. The fourth-order valence-electron chi connectivity index (χ4n) is 1.99. The van der Waals surface area contributed by atoms with Gasteiger partial charge in [-0.05, 0) is 24.3 Å². The first-order valence-electron chi connectivity index (χ1n) is 5.75. The minimum atomic E-state index is -0.543. The maximum Gasteiger partial charge on any atom is 0.295 e. The number of nitro benzene ring substituents is 1. The van der Waals surface area contributed by atoms with E-state index in [2.05, 4.69) is 10.3 Å². The molecule has 7 heteroatoms. The number of para-hydroxylation sites is 1. The number of nitrogens with zero attached hydrogens (tertiary/aromatic N) is 4. The first-order valence-corrected chi connectivity index (χ1v) is 5.75. The smallest absolute Gasteiger partial charge is 0.295 e. The number of benzene rings is 2. The summed E-state index contributed by atoms with van der Waals surface area (Å²) in [5, 5.41) is 19.0. The van der Waals surface area contributed by atoms with Gasteiger partial charge in [-0.25, -0.2) is 4.68 Å². The van der Waals surface area contributed by atoms with Crippen LogP contribution in [0.15, 0.2) is 42.5 Å². The summed E-state index contributed by atoms with van der Waals surface area (Å²) in [6.45, 7) is 0. The SMILES string of the molecule is O=Cc1ccc(-n2nnc3ccccc32)c([N+](=O)[O-])c1. The number of hydrogen-bond acceptors (Lipinski definition) is 5. The van der Waals surface area contributed by atoms with E-state index in [1.807, 2.05) is 6.07 Å². The summed E-state index contributed by atoms with van der Waals surface area (Å²) in [6, 6.07) is 11.4. The highest BCUT2D eigenvalue weighted by Gasteiger charge is 2.18. The Balaban J connectivity index is 2.28. The molecular formula is C13H8N4O3. The minimum absolute atomic E-state index is 0.190. The summed E-state index contributed by atoms with van der Waals surface area (Å²) in [4.78, 5) is 21.3. The number of aromatic nitrogens is 3. The number of hydrogen-bond donors (Lipinski definition) is 0. The molecule has 0 aliphatic carbocycles. The average molecular weight is 268 g/mol. The lowest BCUT2D eigenvalue weighted by Gasteiger charge is -2.04. The summed E-state index contributed by atoms with van der Waals surface area (Å²) < 4.78 is 1.39. The van der Waals surface area contributed by atoms with Crippen LogP contribution in [-0.2, 0) is 0 Å². The molecule has 98 valence electrons. The van der Waals surface area contributed by atoms with Gasteiger partial charge in [0.2, 0.25) is 0 Å². The molecule has 0 aliphatic heterocycles. The number of rotatable bonds is 3. The van der Waals surface area contributed by atoms with Gasteiger partial charge in [-0.3, -0.25) is 14.9 Å². The topological polar surface area (TPSA) is 90.9 Å². The lowest BCUT2D eigenvalue weighted by atomic mass is 10.2. The van der Waals surface area contributed by atoms with Crippen LogP contribution < -0.4 is 0 Å². The maximum absolute atomic E-state index is 11.1. The Labute approximate surface area is 112 Å². The normalized spacial score (nSPS) is 10.6. The molecule has 0 bridgehead atoms. The van der Waals surface area contributed by atoms with Gasteiger partial charge < -0.3 is 0 Å². The zero-order valence-electron chi connectivity index (χ0n) is 10.1. The van der Waals surface area contributed by atoms with Crippen molar-refractivity contribution < 1.29 is 9.72 Å². The monoisotopic (exact) mass is 268 g/mol. The standard InChI is InChI=1S/C13H8N4O3/c18-8-9-5-6-12(13(7-9)17(19)20)16-11-4-2-1-3-10(11)14-15-16/h1-8H. The first-order chi connectivity index (χ1) is 9.70. The second-order valence-corrected chi connectivity index (χ2v) is 4.11. The third-order valence-corrected chi connectivity index (χ3v) is 2.91. The van der Waals surface area contributed by atoms with Gasteiger partial charge in [-0.1, -0.05) is 17.3 Å². The summed E-state index contributed by atoms with van der Waals surface area (Å²) >= 11 is 0. The zero-order chi connectivity index (χ0) is 14.1. The van der Waals surface area contributed by atoms with E-state index in [-0.39, 0.29) is 16.9 Å². The maximum atomic E-state index is 11.1. The van der Waals surface area contributed by atoms with E-state index in [1.165, 1.54) is 22.9 Å². The molecule has 0 spiro atoms. The lowest BCUT2D eigenvalue weighted by molar-refractivity contribution is -0.384. The van der Waals surface area contributed by atoms with Gasteiger partial charge >= 0.3 is 0 Å². The largest absolute Gasteiger partial charge is 0.298 e. The van der Waals surface area contributed by atoms with E-state index in [0.29, 0.717) is 17.3 Å². The van der Waals surface area contributed by atoms with E-state index in [0.717, 1.165) is 0 Å². The number of aldehydes is 1. The third-order valence-electron chi connectivity index (χ3n) is 2.91. The van der Waals surface area contributed by atoms with Gasteiger partial charge in [-0.15, -0.1) is 5.10 Å². The Morgan fingerprint density at radius 2 is 2.00 bits per heavy atom. The Morgan fingerprint density at radius 3 is 2.75 bits per heavy atom. The van der Waals surface area contributed by atoms with E-state index >= 15 is 0 Å². The van der Waals surface area contributed by atoms with Crippen molar-refractivity contribution in [2.45, 2.75) is 0 Å². The molecule has 0 N–H and O–H groups in total. The molecule has 2 aromatic carbocycles. The van der Waals surface area contributed by atoms with Crippen molar-refractivity contribution in [3.63, 3.8) is 0 Å². The van der Waals surface area contributed by atoms with E-state index in [9.17, 15) is 14.9 Å². The van der Waals surface area contributed by atoms with Crippen LogP contribution in [-0.4, -0.2) is 26.2 Å². The van der Waals surface area contributed by atoms with E-state index < -0.39 is 4.92 Å². The Hall–Kier alpha value is -3.09. The van der Waals surface area contributed by atoms with Crippen molar-refractivity contribution in [2.75, 3.05) is 0 Å². The van der Waals surface area contributed by atoms with Gasteiger partial charge in [0, 0.05) is 11.6 Å². The van der Waals surface area contributed by atoms with Crippen molar-refractivity contribution in [3.8, 4) is 5.69 Å². The lowest BCUT2D eigenvalue weighted by Crippen LogP contribution is -2.02. The molecular weight excluding hydrogens is 260 g/mol. The summed E-state index contributed by atoms with van der Waals surface area (Å²) in [5.41, 5.74) is 1.63. The summed E-state index contributed by atoms with van der Waals surface area (Å²) in [5.74, 6) is 0. The van der Waals surface area contributed by atoms with Crippen LogP contribution >= 0.6 is 0 Å². The second kappa shape index (κ2) is 4.54. The Kier molecular flexibility index (Phi) is 2.72. The molecule has 0 saturated heterocycles. The Morgan fingerprint density at radius 1 is 1.20 bits per heavy atom. The zero-order valence-corrected chi connectivity index (χ0v) is 10.1. The second-order valence-electron chi connectivity index (χ2n) is 4.11. The predicted molar refractivity (Wildman–Crippen MR) is 70.9 cm³/mol. The van der Waals surface area contributed by atoms with Crippen LogP contribution in [0.4, 0.5) is 5.69 Å². The van der Waals surface area contributed by atoms with Crippen molar-refractivity contribution in [3.05, 3.63) is 58.1 Å². The van der Waals surface area contributed by atoms with Crippen LogP contribution in [0.1, 0.15) is 10.4 Å². The van der Waals surface area contributed by atoms with Gasteiger partial charge in [0.15, 0.2) is 0 Å². The summed E-state index contributed by atoms with van der Waals surface area (Å²) in [7, 11) is 0. The summed E-state index contributed by atoms with van der Waals surface area (Å²) in [6.07, 6.45) is 0.566. The fraction of sp³-hybridized carbons (Fsp3) is 0. The predicted octanol–water partition coefficient (Wildman–Crippen LogP) is 2.14. The molecule has 0 fully saturated rings. The van der Waals surface area contributed by atoms with Crippen LogP contribution in [0, 0.1) is 10.1 Å². The van der Waals surface area contributed by atoms with Crippen LogP contribution in [0.25, 0.3) is 16.7 Å². The number of fused-ring (bicyclic) bond motifs is 1. The van der Waals surface area contributed by atoms with Crippen LogP contribution in [0.3, 0.4) is 0 Å². The molecule has 20 heavy (non-hydrogen) atoms. The average Bonchev–Trinajstić information content (AvgIpc) is 2.90. The highest BCUT2D eigenvalue weighted by molar-refractivity contribution is 5.80. The molecule has 1 heterocycles. The van der Waals surface area contributed by atoms with Gasteiger partial charge in [0.1, 0.15) is 17.5 Å². The highest BCUT2D eigenvalue weighted by Crippen LogP contribution is 2.25. The van der Waals surface area contributed by atoms with Crippen molar-refractivity contribution in [1.82, 2.24) is 15.0 Å². The minimum Gasteiger partial charge on any atom is -0.298 e. The van der Waals surface area contributed by atoms with Crippen molar-refractivity contribution in [2.24, 2.45) is 0 Å². The fourth-order valence-corrected chi connectivity index (χ4v) is 1.99. The molecule has 0 amide bonds. The van der Waals surface area contributed by atoms with Crippen LogP contribution in [0.2, 0.25) is 0 Å². The first kappa shape index (κ1) is 12.0. The van der Waals surface area contributed by atoms with Gasteiger partial charge in [0.25, 0.3) is 5.69 Å². The molecule has 3 aromatic rings. The van der Waals surface area contributed by atoms with Crippen LogP contribution in [0.5, 0.6) is 0 Å². The molecule has 0 aliphatic rings. The molecule has 0 radical (unpaired) electrons. The molecule has 7 nitrogen and oxygen atoms in total. The number of carbonyl (C=O) groups excluding carboxylic acids is 1. The molecule has 3 rings (SSSR count). The molecule has 0 unspecified atom stereocenters. The molecule has 0 saturated carbocycles. The van der Waals surface area contributed by atoms with E-state index in [1.54, 1.807) is 18.2 Å². The molecule has 0 atom stereocenters.